The fourth-order valence-electron chi connectivity index (χ4n) is 1.94. The average Bonchev–Trinajstić information content (AvgIpc) is 2.62. The van der Waals surface area contributed by atoms with Crippen molar-refractivity contribution in [2.75, 3.05) is 18.5 Å². The van der Waals surface area contributed by atoms with E-state index in [4.69, 9.17) is 17.0 Å². The molecule has 2 aromatic rings. The summed E-state index contributed by atoms with van der Waals surface area (Å²) in [6.45, 7) is 2.60. The molecule has 1 amide bonds. The van der Waals surface area contributed by atoms with Crippen LogP contribution in [0.1, 0.15) is 12.5 Å². The molecular formula is C18H19BrN4O2S. The number of carbonyl (C=O) groups is 1. The van der Waals surface area contributed by atoms with E-state index in [1.807, 2.05) is 49.4 Å². The van der Waals surface area contributed by atoms with E-state index in [0.29, 0.717) is 10.9 Å². The lowest BCUT2D eigenvalue weighted by Crippen LogP contribution is -2.31. The molecule has 2 aromatic carbocycles. The first-order valence-electron chi connectivity index (χ1n) is 7.92. The molecule has 0 bridgehead atoms. The van der Waals surface area contributed by atoms with Crippen molar-refractivity contribution < 1.29 is 9.53 Å². The van der Waals surface area contributed by atoms with Crippen molar-refractivity contribution in [1.29, 1.82) is 0 Å². The van der Waals surface area contributed by atoms with Crippen LogP contribution in [0.25, 0.3) is 0 Å². The second-order valence-corrected chi connectivity index (χ2v) is 6.38. The average molecular weight is 435 g/mol. The lowest BCUT2D eigenvalue weighted by atomic mass is 10.2. The van der Waals surface area contributed by atoms with Crippen LogP contribution >= 0.6 is 28.1 Å². The van der Waals surface area contributed by atoms with Gasteiger partial charge in [-0.3, -0.25) is 10.2 Å². The summed E-state index contributed by atoms with van der Waals surface area (Å²) in [6, 6.07) is 14.7. The molecule has 3 N–H and O–H groups in total. The van der Waals surface area contributed by atoms with Gasteiger partial charge in [0.15, 0.2) is 11.7 Å². The summed E-state index contributed by atoms with van der Waals surface area (Å²) in [5.41, 5.74) is 4.30. The largest absolute Gasteiger partial charge is 0.483 e. The van der Waals surface area contributed by atoms with Gasteiger partial charge < -0.3 is 15.4 Å². The Hall–Kier alpha value is -2.45. The summed E-state index contributed by atoms with van der Waals surface area (Å²) in [4.78, 5) is 11.9. The molecular weight excluding hydrogens is 416 g/mol. The third-order valence-electron chi connectivity index (χ3n) is 3.09. The minimum atomic E-state index is -0.227. The van der Waals surface area contributed by atoms with Crippen molar-refractivity contribution in [3.8, 4) is 5.75 Å². The van der Waals surface area contributed by atoms with Gasteiger partial charge in [-0.05, 0) is 71.0 Å². The number of nitrogens with one attached hydrogen (secondary N) is 3. The molecule has 0 aliphatic rings. The lowest BCUT2D eigenvalue weighted by molar-refractivity contribution is -0.118. The summed E-state index contributed by atoms with van der Waals surface area (Å²) in [5.74, 6) is 0.344. The van der Waals surface area contributed by atoms with Crippen LogP contribution in [0, 0.1) is 0 Å². The standard InChI is InChI=1S/C18H19BrN4O2S/c1-2-20-18(26)23-21-11-13-8-9-16(15(19)10-13)25-12-17(24)22-14-6-4-3-5-7-14/h3-11H,2,12H2,1H3,(H,22,24)(H2,20,23,26)/b21-11-. The number of amides is 1. The first-order chi connectivity index (χ1) is 12.6. The second-order valence-electron chi connectivity index (χ2n) is 5.12. The first-order valence-corrected chi connectivity index (χ1v) is 9.12. The zero-order valence-electron chi connectivity index (χ0n) is 14.2. The fourth-order valence-corrected chi connectivity index (χ4v) is 2.65. The van der Waals surface area contributed by atoms with Crippen molar-refractivity contribution in [2.24, 2.45) is 5.10 Å². The molecule has 0 saturated heterocycles. The van der Waals surface area contributed by atoms with Gasteiger partial charge in [0.05, 0.1) is 10.7 Å². The Kier molecular flexibility index (Phi) is 8.04. The number of hydrogen-bond acceptors (Lipinski definition) is 4. The van der Waals surface area contributed by atoms with Crippen LogP contribution in [0.5, 0.6) is 5.75 Å². The number of ether oxygens (including phenoxy) is 1. The topological polar surface area (TPSA) is 74.8 Å². The SMILES string of the molecule is CCNC(=S)N/N=C\c1ccc(OCC(=O)Nc2ccccc2)c(Br)c1. The summed E-state index contributed by atoms with van der Waals surface area (Å²) in [7, 11) is 0. The summed E-state index contributed by atoms with van der Waals surface area (Å²) < 4.78 is 6.28. The van der Waals surface area contributed by atoms with Gasteiger partial charge in [-0.1, -0.05) is 18.2 Å². The van der Waals surface area contributed by atoms with Gasteiger partial charge >= 0.3 is 0 Å². The molecule has 0 radical (unpaired) electrons. The van der Waals surface area contributed by atoms with Crippen molar-refractivity contribution in [1.82, 2.24) is 10.7 Å². The number of anilines is 1. The van der Waals surface area contributed by atoms with E-state index < -0.39 is 0 Å². The number of hydrogen-bond donors (Lipinski definition) is 3. The van der Waals surface area contributed by atoms with Crippen molar-refractivity contribution in [3.63, 3.8) is 0 Å². The molecule has 0 spiro atoms. The Labute approximate surface area is 166 Å². The van der Waals surface area contributed by atoms with E-state index in [0.717, 1.165) is 22.3 Å². The number of benzene rings is 2. The van der Waals surface area contributed by atoms with E-state index >= 15 is 0 Å². The predicted octanol–water partition coefficient (Wildman–Crippen LogP) is 3.28. The number of thiocarbonyl (C=S) groups is 1. The molecule has 0 saturated carbocycles. The smallest absolute Gasteiger partial charge is 0.262 e. The molecule has 0 aliphatic carbocycles. The lowest BCUT2D eigenvalue weighted by Gasteiger charge is -2.09. The maximum atomic E-state index is 11.9. The molecule has 0 aromatic heterocycles. The van der Waals surface area contributed by atoms with Gasteiger partial charge in [0.25, 0.3) is 5.91 Å². The van der Waals surface area contributed by atoms with Crippen molar-refractivity contribution >= 4 is 51.1 Å². The number of carbonyl (C=O) groups excluding carboxylic acids is 1. The zero-order valence-corrected chi connectivity index (χ0v) is 16.6. The first kappa shape index (κ1) is 19.9. The molecule has 8 heteroatoms. The quantitative estimate of drug-likeness (QED) is 0.354. The van der Waals surface area contributed by atoms with E-state index in [1.165, 1.54) is 0 Å². The van der Waals surface area contributed by atoms with E-state index in [1.54, 1.807) is 12.3 Å². The summed E-state index contributed by atoms with van der Waals surface area (Å²) in [6.07, 6.45) is 1.64. The molecule has 0 unspecified atom stereocenters. The predicted molar refractivity (Wildman–Crippen MR) is 112 cm³/mol. The Bertz CT molecular complexity index is 784. The number of rotatable bonds is 7. The highest BCUT2D eigenvalue weighted by Crippen LogP contribution is 2.25. The van der Waals surface area contributed by atoms with E-state index in [-0.39, 0.29) is 12.5 Å². The number of hydrazone groups is 1. The normalized spacial score (nSPS) is 10.4. The van der Waals surface area contributed by atoms with Gasteiger partial charge in [0, 0.05) is 12.2 Å². The summed E-state index contributed by atoms with van der Waals surface area (Å²) in [5, 5.41) is 10.2. The van der Waals surface area contributed by atoms with Crippen LogP contribution < -0.4 is 20.8 Å². The molecule has 136 valence electrons. The van der Waals surface area contributed by atoms with Crippen LogP contribution in [0.3, 0.4) is 0 Å². The minimum Gasteiger partial charge on any atom is -0.483 e. The van der Waals surface area contributed by atoms with Crippen LogP contribution in [-0.4, -0.2) is 30.4 Å². The van der Waals surface area contributed by atoms with Crippen LogP contribution in [-0.2, 0) is 4.79 Å². The maximum Gasteiger partial charge on any atom is 0.262 e. The second kappa shape index (κ2) is 10.5. The number of halogens is 1. The van der Waals surface area contributed by atoms with Crippen LogP contribution in [0.4, 0.5) is 5.69 Å². The van der Waals surface area contributed by atoms with Crippen LogP contribution in [0.15, 0.2) is 58.1 Å². The Balaban J connectivity index is 1.86. The van der Waals surface area contributed by atoms with Gasteiger partial charge in [-0.2, -0.15) is 5.10 Å². The fraction of sp³-hybridized carbons (Fsp3) is 0.167. The Morgan fingerprint density at radius 2 is 2.04 bits per heavy atom. The molecule has 6 nitrogen and oxygen atoms in total. The van der Waals surface area contributed by atoms with Gasteiger partial charge in [-0.25, -0.2) is 0 Å². The van der Waals surface area contributed by atoms with Gasteiger partial charge in [0.2, 0.25) is 0 Å². The third kappa shape index (κ3) is 6.81. The third-order valence-corrected chi connectivity index (χ3v) is 3.94. The Morgan fingerprint density at radius 3 is 2.73 bits per heavy atom. The maximum absolute atomic E-state index is 11.9. The summed E-state index contributed by atoms with van der Waals surface area (Å²) >= 11 is 8.45. The van der Waals surface area contributed by atoms with Gasteiger partial charge in [-0.15, -0.1) is 0 Å². The highest BCUT2D eigenvalue weighted by molar-refractivity contribution is 9.10. The zero-order chi connectivity index (χ0) is 18.8. The minimum absolute atomic E-state index is 0.0839. The van der Waals surface area contributed by atoms with Crippen molar-refractivity contribution in [3.05, 3.63) is 58.6 Å². The molecule has 0 aliphatic heterocycles. The highest BCUT2D eigenvalue weighted by Gasteiger charge is 2.06. The Morgan fingerprint density at radius 1 is 1.27 bits per heavy atom. The molecule has 0 heterocycles. The van der Waals surface area contributed by atoms with Gasteiger partial charge in [0.1, 0.15) is 5.75 Å². The van der Waals surface area contributed by atoms with Crippen molar-refractivity contribution in [2.45, 2.75) is 6.92 Å². The van der Waals surface area contributed by atoms with E-state index in [9.17, 15) is 4.79 Å². The molecule has 0 atom stereocenters. The molecule has 2 rings (SSSR count). The molecule has 26 heavy (non-hydrogen) atoms. The number of nitrogens with zero attached hydrogens (tertiary/aromatic N) is 1. The number of para-hydroxylation sites is 1. The van der Waals surface area contributed by atoms with E-state index in [2.05, 4.69) is 37.1 Å². The van der Waals surface area contributed by atoms with Crippen LogP contribution in [0.2, 0.25) is 0 Å². The highest BCUT2D eigenvalue weighted by atomic mass is 79.9. The molecule has 0 fully saturated rings. The monoisotopic (exact) mass is 434 g/mol.